The molecule has 1 heterocycles. The molecule has 2 rings (SSSR count). The van der Waals surface area contributed by atoms with Crippen molar-refractivity contribution in [2.24, 2.45) is 0 Å². The van der Waals surface area contributed by atoms with Gasteiger partial charge in [-0.15, -0.1) is 12.4 Å². The summed E-state index contributed by atoms with van der Waals surface area (Å²) >= 11 is 0. The van der Waals surface area contributed by atoms with Crippen molar-refractivity contribution in [3.8, 4) is 0 Å². The van der Waals surface area contributed by atoms with Gasteiger partial charge in [0.25, 0.3) is 0 Å². The molecular weight excluding hydrogens is 248 g/mol. The Hall–Kier alpha value is -1.20. The van der Waals surface area contributed by atoms with Gasteiger partial charge in [-0.25, -0.2) is 12.4 Å². The van der Waals surface area contributed by atoms with Gasteiger partial charge in [-0.1, -0.05) is 6.07 Å². The lowest BCUT2D eigenvalue weighted by Gasteiger charge is -2.01. The van der Waals surface area contributed by atoms with Crippen LogP contribution in [0, 0.1) is 6.92 Å². The number of nitrogens with zero attached hydrogens (tertiary/aromatic N) is 1. The number of aromatic nitrogens is 1. The van der Waals surface area contributed by atoms with Crippen LogP contribution in [-0.2, 0) is 10.0 Å². The zero-order valence-corrected chi connectivity index (χ0v) is 10.6. The number of fused-ring (bicyclic) bond motifs is 1. The fraction of sp³-hybridized carbons (Fsp3) is 0.200. The van der Waals surface area contributed by atoms with E-state index in [0.717, 1.165) is 10.9 Å². The molecule has 0 radical (unpaired) electrons. The summed E-state index contributed by atoms with van der Waals surface area (Å²) in [4.78, 5) is 0. The minimum Gasteiger partial charge on any atom is -0.399 e. The Morgan fingerprint density at radius 3 is 2.50 bits per heavy atom. The van der Waals surface area contributed by atoms with Crippen LogP contribution in [0.4, 0.5) is 5.69 Å². The highest BCUT2D eigenvalue weighted by Crippen LogP contribution is 2.24. The van der Waals surface area contributed by atoms with Crippen molar-refractivity contribution in [1.29, 1.82) is 0 Å². The smallest absolute Gasteiger partial charge is 0.236 e. The minimum atomic E-state index is -3.26. The lowest BCUT2D eigenvalue weighted by atomic mass is 10.2. The first-order valence-corrected chi connectivity index (χ1v) is 6.32. The summed E-state index contributed by atoms with van der Waals surface area (Å²) in [5, 5.41) is 0.912. The van der Waals surface area contributed by atoms with Gasteiger partial charge in [-0.05, 0) is 24.6 Å². The first kappa shape index (κ1) is 12.9. The van der Waals surface area contributed by atoms with Crippen LogP contribution in [-0.4, -0.2) is 18.6 Å². The SMILES string of the molecule is Cc1cn(S(C)(=O)=O)c2cc(N)ccc12.Cl. The second kappa shape index (κ2) is 3.99. The van der Waals surface area contributed by atoms with Gasteiger partial charge in [0, 0.05) is 17.3 Å². The summed E-state index contributed by atoms with van der Waals surface area (Å²) in [5.74, 6) is 0. The van der Waals surface area contributed by atoms with Gasteiger partial charge in [0.2, 0.25) is 10.0 Å². The van der Waals surface area contributed by atoms with Crippen LogP contribution in [0.5, 0.6) is 0 Å². The number of nitrogens with two attached hydrogens (primary N) is 1. The minimum absolute atomic E-state index is 0. The molecule has 0 aliphatic rings. The Morgan fingerprint density at radius 1 is 1.31 bits per heavy atom. The van der Waals surface area contributed by atoms with E-state index in [9.17, 15) is 8.42 Å². The van der Waals surface area contributed by atoms with Gasteiger partial charge in [0.1, 0.15) is 0 Å². The molecule has 0 fully saturated rings. The van der Waals surface area contributed by atoms with E-state index in [4.69, 9.17) is 5.73 Å². The van der Waals surface area contributed by atoms with E-state index in [0.29, 0.717) is 11.2 Å². The number of aryl methyl sites for hydroxylation is 1. The highest BCUT2D eigenvalue weighted by atomic mass is 35.5. The van der Waals surface area contributed by atoms with Gasteiger partial charge in [0.15, 0.2) is 0 Å². The normalized spacial score (nSPS) is 11.4. The van der Waals surface area contributed by atoms with Crippen LogP contribution in [0.1, 0.15) is 5.56 Å². The Labute approximate surface area is 101 Å². The largest absolute Gasteiger partial charge is 0.399 e. The van der Waals surface area contributed by atoms with E-state index in [1.807, 2.05) is 13.0 Å². The predicted octanol–water partition coefficient (Wildman–Crippen LogP) is 1.76. The van der Waals surface area contributed by atoms with Crippen LogP contribution in [0.15, 0.2) is 24.4 Å². The molecule has 2 N–H and O–H groups in total. The van der Waals surface area contributed by atoms with Gasteiger partial charge >= 0.3 is 0 Å². The highest BCUT2D eigenvalue weighted by Gasteiger charge is 2.12. The van der Waals surface area contributed by atoms with E-state index in [1.54, 1.807) is 18.3 Å². The van der Waals surface area contributed by atoms with Crippen molar-refractivity contribution in [3.63, 3.8) is 0 Å². The number of rotatable bonds is 1. The molecule has 0 saturated heterocycles. The highest BCUT2D eigenvalue weighted by molar-refractivity contribution is 7.89. The van der Waals surface area contributed by atoms with E-state index < -0.39 is 10.0 Å². The topological polar surface area (TPSA) is 65.1 Å². The number of hydrogen-bond acceptors (Lipinski definition) is 3. The molecule has 16 heavy (non-hydrogen) atoms. The number of hydrogen-bond donors (Lipinski definition) is 1. The quantitative estimate of drug-likeness (QED) is 0.795. The maximum absolute atomic E-state index is 11.5. The Kier molecular flexibility index (Phi) is 3.21. The number of nitrogen functional groups attached to an aromatic ring is 1. The summed E-state index contributed by atoms with van der Waals surface area (Å²) in [5.41, 5.74) is 7.76. The Bertz CT molecular complexity index is 632. The molecular formula is C10H13ClN2O2S. The fourth-order valence-corrected chi connectivity index (χ4v) is 2.51. The van der Waals surface area contributed by atoms with Gasteiger partial charge in [-0.3, -0.25) is 0 Å². The molecule has 0 amide bonds. The van der Waals surface area contributed by atoms with Crippen molar-refractivity contribution in [2.45, 2.75) is 6.92 Å². The molecule has 1 aromatic carbocycles. The standard InChI is InChI=1S/C10H12N2O2S.ClH/c1-7-6-12(15(2,13)14)10-5-8(11)3-4-9(7)10;/h3-6H,11H2,1-2H3;1H. The average Bonchev–Trinajstić information content (AvgIpc) is 2.42. The van der Waals surface area contributed by atoms with Gasteiger partial charge in [-0.2, -0.15) is 0 Å². The summed E-state index contributed by atoms with van der Waals surface area (Å²) in [6.45, 7) is 1.88. The van der Waals surface area contributed by atoms with Crippen molar-refractivity contribution < 1.29 is 8.42 Å². The van der Waals surface area contributed by atoms with Crippen LogP contribution >= 0.6 is 12.4 Å². The van der Waals surface area contributed by atoms with Crippen LogP contribution in [0.25, 0.3) is 10.9 Å². The zero-order valence-electron chi connectivity index (χ0n) is 8.97. The number of benzene rings is 1. The first-order valence-electron chi connectivity index (χ1n) is 4.47. The lowest BCUT2D eigenvalue weighted by molar-refractivity contribution is 0.595. The molecule has 0 aliphatic carbocycles. The summed E-state index contributed by atoms with van der Waals surface area (Å²) in [6.07, 6.45) is 2.79. The van der Waals surface area contributed by atoms with E-state index in [2.05, 4.69) is 0 Å². The molecule has 0 saturated carbocycles. The molecule has 1 aromatic heterocycles. The third-order valence-electron chi connectivity index (χ3n) is 2.35. The monoisotopic (exact) mass is 260 g/mol. The lowest BCUT2D eigenvalue weighted by Crippen LogP contribution is -2.08. The van der Waals surface area contributed by atoms with Crippen molar-refractivity contribution >= 4 is 39.0 Å². The molecule has 2 aromatic rings. The average molecular weight is 261 g/mol. The third-order valence-corrected chi connectivity index (χ3v) is 3.37. The molecule has 0 aliphatic heterocycles. The molecule has 0 atom stereocenters. The van der Waals surface area contributed by atoms with Crippen LogP contribution < -0.4 is 5.73 Å². The number of halogens is 1. The zero-order chi connectivity index (χ0) is 11.2. The Morgan fingerprint density at radius 2 is 1.94 bits per heavy atom. The van der Waals surface area contributed by atoms with Gasteiger partial charge < -0.3 is 5.73 Å². The maximum Gasteiger partial charge on any atom is 0.236 e. The van der Waals surface area contributed by atoms with Gasteiger partial charge in [0.05, 0.1) is 11.8 Å². The number of anilines is 1. The van der Waals surface area contributed by atoms with Crippen LogP contribution in [0.3, 0.4) is 0 Å². The molecule has 0 unspecified atom stereocenters. The second-order valence-corrected chi connectivity index (χ2v) is 5.51. The van der Waals surface area contributed by atoms with Crippen molar-refractivity contribution in [2.75, 3.05) is 12.0 Å². The van der Waals surface area contributed by atoms with Crippen LogP contribution in [0.2, 0.25) is 0 Å². The molecule has 0 bridgehead atoms. The molecule has 6 heteroatoms. The molecule has 0 spiro atoms. The summed E-state index contributed by atoms with van der Waals surface area (Å²) < 4.78 is 24.2. The first-order chi connectivity index (χ1) is 6.89. The van der Waals surface area contributed by atoms with Crippen molar-refractivity contribution in [3.05, 3.63) is 30.0 Å². The molecule has 4 nitrogen and oxygen atoms in total. The van der Waals surface area contributed by atoms with E-state index in [-0.39, 0.29) is 12.4 Å². The maximum atomic E-state index is 11.5. The predicted molar refractivity (Wildman–Crippen MR) is 68.6 cm³/mol. The Balaban J connectivity index is 0.00000128. The third kappa shape index (κ3) is 2.01. The second-order valence-electron chi connectivity index (χ2n) is 3.65. The fourth-order valence-electron chi connectivity index (χ4n) is 1.65. The summed E-state index contributed by atoms with van der Waals surface area (Å²) in [6, 6.07) is 5.27. The van der Waals surface area contributed by atoms with E-state index >= 15 is 0 Å². The van der Waals surface area contributed by atoms with Crippen molar-refractivity contribution in [1.82, 2.24) is 3.97 Å². The van der Waals surface area contributed by atoms with E-state index in [1.165, 1.54) is 10.2 Å². The molecule has 88 valence electrons. The summed E-state index contributed by atoms with van der Waals surface area (Å²) in [7, 11) is -3.26.